The van der Waals surface area contributed by atoms with Crippen LogP contribution in [0.1, 0.15) is 44.5 Å². The fourth-order valence-electron chi connectivity index (χ4n) is 1.86. The molecule has 0 aliphatic carbocycles. The van der Waals surface area contributed by atoms with Crippen molar-refractivity contribution in [3.05, 3.63) is 47.6 Å². The summed E-state index contributed by atoms with van der Waals surface area (Å²) in [7, 11) is 0. The second kappa shape index (κ2) is 5.34. The van der Waals surface area contributed by atoms with Gasteiger partial charge in [-0.2, -0.15) is 4.98 Å². The van der Waals surface area contributed by atoms with Gasteiger partial charge < -0.3 is 4.52 Å². The molecule has 1 aromatic carbocycles. The Morgan fingerprint density at radius 2 is 1.95 bits per heavy atom. The molecule has 2 rings (SSSR count). The number of benzene rings is 1. The zero-order chi connectivity index (χ0) is 13.9. The molecule has 1 aromatic heterocycles. The summed E-state index contributed by atoms with van der Waals surface area (Å²) in [5.74, 6) is 1.11. The van der Waals surface area contributed by atoms with Gasteiger partial charge in [0.05, 0.1) is 11.8 Å². The Balaban J connectivity index is 2.24. The summed E-state index contributed by atoms with van der Waals surface area (Å²) in [5, 5.41) is 4.01. The largest absolute Gasteiger partial charge is 0.339 e. The van der Waals surface area contributed by atoms with Gasteiger partial charge in [-0.3, -0.25) is 4.79 Å². The molecule has 0 N–H and O–H groups in total. The third-order valence-electron chi connectivity index (χ3n) is 3.27. The lowest BCUT2D eigenvalue weighted by Crippen LogP contribution is -2.20. The van der Waals surface area contributed by atoms with Crippen molar-refractivity contribution < 1.29 is 9.32 Å². The van der Waals surface area contributed by atoms with E-state index >= 15 is 0 Å². The molecule has 19 heavy (non-hydrogen) atoms. The van der Waals surface area contributed by atoms with Crippen molar-refractivity contribution in [2.24, 2.45) is 0 Å². The van der Waals surface area contributed by atoms with E-state index in [4.69, 9.17) is 4.52 Å². The molecule has 0 aliphatic heterocycles. The van der Waals surface area contributed by atoms with Gasteiger partial charge in [0.25, 0.3) is 0 Å². The minimum atomic E-state index is -0.335. The highest BCUT2D eigenvalue weighted by molar-refractivity contribution is 5.79. The van der Waals surface area contributed by atoms with Crippen molar-refractivity contribution >= 4 is 5.78 Å². The molecule has 0 saturated carbocycles. The maximum Gasteiger partial charge on any atom is 0.234 e. The van der Waals surface area contributed by atoms with Gasteiger partial charge in [-0.05, 0) is 19.4 Å². The highest BCUT2D eigenvalue weighted by Crippen LogP contribution is 2.28. The Labute approximate surface area is 112 Å². The number of carbonyl (C=O) groups excluding carboxylic acids is 1. The van der Waals surface area contributed by atoms with Gasteiger partial charge in [0.1, 0.15) is 5.78 Å². The smallest absolute Gasteiger partial charge is 0.234 e. The average molecular weight is 258 g/mol. The number of hydrogen-bond donors (Lipinski definition) is 0. The molecular weight excluding hydrogens is 240 g/mol. The Hall–Kier alpha value is -1.97. The molecule has 4 nitrogen and oxygen atoms in total. The normalized spacial score (nSPS) is 11.5. The lowest BCUT2D eigenvalue weighted by molar-refractivity contribution is -0.118. The first-order chi connectivity index (χ1) is 9.04. The summed E-state index contributed by atoms with van der Waals surface area (Å²) in [4.78, 5) is 15.7. The molecule has 0 atom stereocenters. The number of rotatable bonds is 5. The number of aromatic nitrogens is 2. The number of nitrogens with zero attached hydrogens (tertiary/aromatic N) is 2. The van der Waals surface area contributed by atoms with Gasteiger partial charge in [0.15, 0.2) is 5.82 Å². The first-order valence-electron chi connectivity index (χ1n) is 6.44. The summed E-state index contributed by atoms with van der Waals surface area (Å²) < 4.78 is 5.16. The van der Waals surface area contributed by atoms with Crippen LogP contribution in [0.25, 0.3) is 0 Å². The molecule has 4 heteroatoms. The summed E-state index contributed by atoms with van der Waals surface area (Å²) in [5.41, 5.74) is 0.780. The molecule has 0 amide bonds. The fraction of sp³-hybridized carbons (Fsp3) is 0.400. The summed E-state index contributed by atoms with van der Waals surface area (Å²) >= 11 is 0. The van der Waals surface area contributed by atoms with E-state index in [0.29, 0.717) is 18.1 Å². The van der Waals surface area contributed by atoms with Crippen LogP contribution in [0.5, 0.6) is 0 Å². The Kier molecular flexibility index (Phi) is 3.79. The molecule has 1 heterocycles. The van der Waals surface area contributed by atoms with Crippen LogP contribution in [0, 0.1) is 0 Å². The van der Waals surface area contributed by atoms with Crippen molar-refractivity contribution in [2.75, 3.05) is 0 Å². The number of Topliss-reactive ketones (excluding diaryl/α,β-unsaturated/α-hetero) is 1. The number of ketones is 1. The van der Waals surface area contributed by atoms with Gasteiger partial charge in [-0.25, -0.2) is 0 Å². The lowest BCUT2D eigenvalue weighted by Gasteiger charge is -2.20. The highest BCUT2D eigenvalue weighted by Gasteiger charge is 2.28. The molecule has 2 aromatic rings. The van der Waals surface area contributed by atoms with Gasteiger partial charge in [0.2, 0.25) is 5.89 Å². The fourth-order valence-corrected chi connectivity index (χ4v) is 1.86. The van der Waals surface area contributed by atoms with Gasteiger partial charge in [0, 0.05) is 6.42 Å². The maximum atomic E-state index is 11.4. The van der Waals surface area contributed by atoms with Crippen LogP contribution in [0.4, 0.5) is 0 Å². The van der Waals surface area contributed by atoms with E-state index in [-0.39, 0.29) is 17.6 Å². The standard InChI is InChI=1S/C15H18N2O2/c1-4-12(18)10-13-16-14(17-19-13)15(2,3)11-8-6-5-7-9-11/h5-9H,4,10H2,1-3H3. The Bertz CT molecular complexity index is 559. The zero-order valence-electron chi connectivity index (χ0n) is 11.5. The van der Waals surface area contributed by atoms with Gasteiger partial charge >= 0.3 is 0 Å². The molecule has 0 unspecified atom stereocenters. The average Bonchev–Trinajstić information content (AvgIpc) is 2.89. The number of hydrogen-bond acceptors (Lipinski definition) is 4. The minimum Gasteiger partial charge on any atom is -0.339 e. The van der Waals surface area contributed by atoms with Crippen LogP contribution in [0.2, 0.25) is 0 Å². The second-order valence-electron chi connectivity index (χ2n) is 5.07. The monoisotopic (exact) mass is 258 g/mol. The van der Waals surface area contributed by atoms with Gasteiger partial charge in [-0.1, -0.05) is 42.4 Å². The zero-order valence-corrected chi connectivity index (χ0v) is 11.5. The van der Waals surface area contributed by atoms with Gasteiger partial charge in [-0.15, -0.1) is 0 Å². The van der Waals surface area contributed by atoms with E-state index in [1.165, 1.54) is 0 Å². The van der Waals surface area contributed by atoms with Crippen LogP contribution >= 0.6 is 0 Å². The van der Waals surface area contributed by atoms with Crippen molar-refractivity contribution in [2.45, 2.75) is 39.0 Å². The summed E-state index contributed by atoms with van der Waals surface area (Å²) in [6.07, 6.45) is 0.703. The van der Waals surface area contributed by atoms with E-state index in [9.17, 15) is 4.79 Å². The van der Waals surface area contributed by atoms with Crippen LogP contribution in [-0.2, 0) is 16.6 Å². The van der Waals surface area contributed by atoms with Crippen LogP contribution in [-0.4, -0.2) is 15.9 Å². The molecule has 0 bridgehead atoms. The highest BCUT2D eigenvalue weighted by atomic mass is 16.5. The molecular formula is C15H18N2O2. The maximum absolute atomic E-state index is 11.4. The quantitative estimate of drug-likeness (QED) is 0.827. The van der Waals surface area contributed by atoms with Crippen LogP contribution in [0.15, 0.2) is 34.9 Å². The van der Waals surface area contributed by atoms with E-state index in [1.54, 1.807) is 0 Å². The number of carbonyl (C=O) groups is 1. The van der Waals surface area contributed by atoms with E-state index in [1.807, 2.05) is 51.1 Å². The van der Waals surface area contributed by atoms with Crippen molar-refractivity contribution in [3.63, 3.8) is 0 Å². The predicted octanol–water partition coefficient (Wildman–Crippen LogP) is 2.92. The third-order valence-corrected chi connectivity index (χ3v) is 3.27. The summed E-state index contributed by atoms with van der Waals surface area (Å²) in [6, 6.07) is 10.0. The Morgan fingerprint density at radius 1 is 1.26 bits per heavy atom. The SMILES string of the molecule is CCC(=O)Cc1nc(C(C)(C)c2ccccc2)no1. The topological polar surface area (TPSA) is 56.0 Å². The van der Waals surface area contributed by atoms with Crippen molar-refractivity contribution in [1.29, 1.82) is 0 Å². The molecule has 0 spiro atoms. The molecule has 0 aliphatic rings. The summed E-state index contributed by atoms with van der Waals surface area (Å²) in [6.45, 7) is 5.91. The van der Waals surface area contributed by atoms with Crippen LogP contribution in [0.3, 0.4) is 0 Å². The van der Waals surface area contributed by atoms with Crippen LogP contribution < -0.4 is 0 Å². The molecule has 0 saturated heterocycles. The second-order valence-corrected chi connectivity index (χ2v) is 5.07. The molecule has 0 radical (unpaired) electrons. The predicted molar refractivity (Wildman–Crippen MR) is 71.9 cm³/mol. The first-order valence-corrected chi connectivity index (χ1v) is 6.44. The molecule has 0 fully saturated rings. The molecule has 100 valence electrons. The van der Waals surface area contributed by atoms with E-state index in [2.05, 4.69) is 10.1 Å². The van der Waals surface area contributed by atoms with Crippen molar-refractivity contribution in [1.82, 2.24) is 10.1 Å². The minimum absolute atomic E-state index is 0.104. The lowest BCUT2D eigenvalue weighted by atomic mass is 9.84. The van der Waals surface area contributed by atoms with E-state index in [0.717, 1.165) is 5.56 Å². The van der Waals surface area contributed by atoms with E-state index < -0.39 is 0 Å². The third kappa shape index (κ3) is 2.89. The Morgan fingerprint density at radius 3 is 2.58 bits per heavy atom. The first kappa shape index (κ1) is 13.5. The van der Waals surface area contributed by atoms with Crippen molar-refractivity contribution in [3.8, 4) is 0 Å².